The van der Waals surface area contributed by atoms with Gasteiger partial charge in [-0.2, -0.15) is 0 Å². The van der Waals surface area contributed by atoms with Gasteiger partial charge in [0.1, 0.15) is 5.82 Å². The lowest BCUT2D eigenvalue weighted by Gasteiger charge is -2.16. The molecule has 1 aliphatic rings. The van der Waals surface area contributed by atoms with Crippen molar-refractivity contribution in [2.75, 3.05) is 12.3 Å². The van der Waals surface area contributed by atoms with Gasteiger partial charge >= 0.3 is 0 Å². The maximum absolute atomic E-state index is 13.5. The topological polar surface area (TPSA) is 55.1 Å². The first kappa shape index (κ1) is 13.8. The van der Waals surface area contributed by atoms with Crippen LogP contribution < -0.4 is 11.1 Å². The summed E-state index contributed by atoms with van der Waals surface area (Å²) < 4.78 is 13.5. The van der Waals surface area contributed by atoms with E-state index >= 15 is 0 Å². The van der Waals surface area contributed by atoms with Gasteiger partial charge in [0.2, 0.25) is 0 Å². The molecule has 0 aliphatic heterocycles. The van der Waals surface area contributed by atoms with Crippen molar-refractivity contribution in [2.24, 2.45) is 11.8 Å². The molecule has 19 heavy (non-hydrogen) atoms. The van der Waals surface area contributed by atoms with Crippen molar-refractivity contribution >= 4 is 11.6 Å². The fourth-order valence-electron chi connectivity index (χ4n) is 2.68. The Bertz CT molecular complexity index is 464. The van der Waals surface area contributed by atoms with Crippen LogP contribution in [-0.2, 0) is 0 Å². The second-order valence-corrected chi connectivity index (χ2v) is 5.55. The number of halogens is 1. The summed E-state index contributed by atoms with van der Waals surface area (Å²) in [7, 11) is 0. The number of carbonyl (C=O) groups excluding carboxylic acids is 1. The molecule has 4 heteroatoms. The van der Waals surface area contributed by atoms with Crippen LogP contribution in [0.2, 0.25) is 0 Å². The first-order valence-electron chi connectivity index (χ1n) is 6.83. The number of nitrogens with one attached hydrogen (secondary N) is 1. The lowest BCUT2D eigenvalue weighted by atomic mass is 9.98. The SMILES string of the molecule is Cc1c(N)cc(C(=O)NCC2CCCC2C)cc1F. The molecule has 1 aromatic carbocycles. The fraction of sp³-hybridized carbons (Fsp3) is 0.533. The summed E-state index contributed by atoms with van der Waals surface area (Å²) in [5.74, 6) is 0.515. The van der Waals surface area contributed by atoms with Gasteiger partial charge in [0, 0.05) is 23.4 Å². The number of anilines is 1. The normalized spacial score (nSPS) is 22.5. The zero-order valence-corrected chi connectivity index (χ0v) is 11.5. The van der Waals surface area contributed by atoms with E-state index < -0.39 is 5.82 Å². The number of hydrogen-bond acceptors (Lipinski definition) is 2. The summed E-state index contributed by atoms with van der Waals surface area (Å²) in [6, 6.07) is 2.78. The second-order valence-electron chi connectivity index (χ2n) is 5.55. The number of nitrogens with two attached hydrogens (primary N) is 1. The van der Waals surface area contributed by atoms with Gasteiger partial charge in [0.25, 0.3) is 5.91 Å². The Hall–Kier alpha value is -1.58. The molecule has 2 unspecified atom stereocenters. The maximum Gasteiger partial charge on any atom is 0.251 e. The molecule has 0 saturated heterocycles. The summed E-state index contributed by atoms with van der Waals surface area (Å²) in [6.45, 7) is 4.48. The van der Waals surface area contributed by atoms with E-state index in [0.29, 0.717) is 35.2 Å². The third-order valence-electron chi connectivity index (χ3n) is 4.21. The Labute approximate surface area is 113 Å². The van der Waals surface area contributed by atoms with Gasteiger partial charge in [-0.1, -0.05) is 19.8 Å². The molecular weight excluding hydrogens is 243 g/mol. The van der Waals surface area contributed by atoms with Gasteiger partial charge in [-0.15, -0.1) is 0 Å². The van der Waals surface area contributed by atoms with Crippen molar-refractivity contribution in [1.29, 1.82) is 0 Å². The average molecular weight is 264 g/mol. The zero-order valence-electron chi connectivity index (χ0n) is 11.5. The standard InChI is InChI=1S/C15H21FN2O/c1-9-4-3-5-11(9)8-18-15(19)12-6-13(16)10(2)14(17)7-12/h6-7,9,11H,3-5,8,17H2,1-2H3,(H,18,19). The summed E-state index contributed by atoms with van der Waals surface area (Å²) in [4.78, 5) is 12.0. The van der Waals surface area contributed by atoms with E-state index in [4.69, 9.17) is 5.73 Å². The van der Waals surface area contributed by atoms with Crippen LogP contribution in [0.5, 0.6) is 0 Å². The monoisotopic (exact) mass is 264 g/mol. The third kappa shape index (κ3) is 3.06. The van der Waals surface area contributed by atoms with Crippen molar-refractivity contribution in [1.82, 2.24) is 5.32 Å². The molecule has 1 saturated carbocycles. The van der Waals surface area contributed by atoms with Crippen LogP contribution >= 0.6 is 0 Å². The maximum atomic E-state index is 13.5. The van der Waals surface area contributed by atoms with E-state index in [0.717, 1.165) is 6.42 Å². The van der Waals surface area contributed by atoms with E-state index in [1.165, 1.54) is 25.0 Å². The number of amides is 1. The van der Waals surface area contributed by atoms with Crippen molar-refractivity contribution < 1.29 is 9.18 Å². The van der Waals surface area contributed by atoms with Crippen LogP contribution in [0.25, 0.3) is 0 Å². The predicted octanol–water partition coefficient (Wildman–Crippen LogP) is 2.88. The first-order chi connectivity index (χ1) is 8.99. The minimum atomic E-state index is -0.431. The highest BCUT2D eigenvalue weighted by Gasteiger charge is 2.23. The number of nitrogen functional groups attached to an aromatic ring is 1. The Balaban J connectivity index is 2.00. The number of hydrogen-bond donors (Lipinski definition) is 2. The lowest BCUT2D eigenvalue weighted by molar-refractivity contribution is 0.0944. The average Bonchev–Trinajstić information content (AvgIpc) is 2.78. The van der Waals surface area contributed by atoms with Crippen LogP contribution in [-0.4, -0.2) is 12.5 Å². The van der Waals surface area contributed by atoms with Gasteiger partial charge in [0.15, 0.2) is 0 Å². The van der Waals surface area contributed by atoms with Crippen LogP contribution in [0.1, 0.15) is 42.1 Å². The van der Waals surface area contributed by atoms with Crippen LogP contribution in [0, 0.1) is 24.6 Å². The van der Waals surface area contributed by atoms with E-state index in [2.05, 4.69) is 12.2 Å². The Morgan fingerprint density at radius 3 is 2.79 bits per heavy atom. The number of benzene rings is 1. The highest BCUT2D eigenvalue weighted by atomic mass is 19.1. The van der Waals surface area contributed by atoms with Gasteiger partial charge in [-0.3, -0.25) is 4.79 Å². The molecule has 3 nitrogen and oxygen atoms in total. The van der Waals surface area contributed by atoms with Gasteiger partial charge in [-0.05, 0) is 37.3 Å². The van der Waals surface area contributed by atoms with Gasteiger partial charge < -0.3 is 11.1 Å². The largest absolute Gasteiger partial charge is 0.398 e. The molecule has 1 fully saturated rings. The molecule has 1 amide bonds. The van der Waals surface area contributed by atoms with Crippen LogP contribution in [0.15, 0.2) is 12.1 Å². The Morgan fingerprint density at radius 1 is 1.47 bits per heavy atom. The summed E-state index contributed by atoms with van der Waals surface area (Å²) >= 11 is 0. The fourth-order valence-corrected chi connectivity index (χ4v) is 2.68. The summed E-state index contributed by atoms with van der Waals surface area (Å²) in [5.41, 5.74) is 6.69. The predicted molar refractivity (Wildman–Crippen MR) is 74.4 cm³/mol. The van der Waals surface area contributed by atoms with Crippen molar-refractivity contribution in [2.45, 2.75) is 33.1 Å². The van der Waals surface area contributed by atoms with Crippen molar-refractivity contribution in [3.05, 3.63) is 29.1 Å². The zero-order chi connectivity index (χ0) is 14.0. The third-order valence-corrected chi connectivity index (χ3v) is 4.21. The molecule has 0 aromatic heterocycles. The molecule has 0 heterocycles. The molecule has 2 atom stereocenters. The van der Waals surface area contributed by atoms with E-state index in [1.807, 2.05) is 0 Å². The quantitative estimate of drug-likeness (QED) is 0.825. The van der Waals surface area contributed by atoms with Crippen LogP contribution in [0.4, 0.5) is 10.1 Å². The highest BCUT2D eigenvalue weighted by molar-refractivity contribution is 5.95. The van der Waals surface area contributed by atoms with Crippen molar-refractivity contribution in [3.63, 3.8) is 0 Å². The molecule has 0 radical (unpaired) electrons. The molecule has 0 bridgehead atoms. The molecule has 0 spiro atoms. The molecule has 1 aliphatic carbocycles. The van der Waals surface area contributed by atoms with Gasteiger partial charge in [0.05, 0.1) is 0 Å². The Kier molecular flexibility index (Phi) is 4.08. The lowest BCUT2D eigenvalue weighted by Crippen LogP contribution is -2.30. The van der Waals surface area contributed by atoms with Gasteiger partial charge in [-0.25, -0.2) is 4.39 Å². The summed E-state index contributed by atoms with van der Waals surface area (Å²) in [5, 5.41) is 2.88. The molecular formula is C15H21FN2O. The summed E-state index contributed by atoms with van der Waals surface area (Å²) in [6.07, 6.45) is 3.62. The van der Waals surface area contributed by atoms with E-state index in [9.17, 15) is 9.18 Å². The van der Waals surface area contributed by atoms with Crippen LogP contribution in [0.3, 0.4) is 0 Å². The molecule has 1 aromatic rings. The number of carbonyl (C=O) groups is 1. The molecule has 104 valence electrons. The molecule has 2 rings (SSSR count). The first-order valence-corrected chi connectivity index (χ1v) is 6.83. The minimum Gasteiger partial charge on any atom is -0.398 e. The highest BCUT2D eigenvalue weighted by Crippen LogP contribution is 2.30. The second kappa shape index (κ2) is 5.59. The van der Waals surface area contributed by atoms with Crippen molar-refractivity contribution in [3.8, 4) is 0 Å². The smallest absolute Gasteiger partial charge is 0.251 e. The molecule has 3 N–H and O–H groups in total. The van der Waals surface area contributed by atoms with E-state index in [1.54, 1.807) is 6.92 Å². The number of rotatable bonds is 3. The Morgan fingerprint density at radius 2 is 2.21 bits per heavy atom. The minimum absolute atomic E-state index is 0.246. The van der Waals surface area contributed by atoms with E-state index in [-0.39, 0.29) is 5.91 Å².